The molecule has 25 heavy (non-hydrogen) atoms. The van der Waals surface area contributed by atoms with Crippen LogP contribution in [0.5, 0.6) is 5.75 Å². The number of sulfonamides is 1. The molecule has 1 aliphatic rings. The summed E-state index contributed by atoms with van der Waals surface area (Å²) in [6.45, 7) is 2.28. The SMILES string of the molecule is CCS(=O)(=O)N1CCc2nc(NC(=O)COc3ccccc3)sc2C1. The van der Waals surface area contributed by atoms with Crippen LogP contribution in [-0.2, 0) is 27.8 Å². The number of carbonyl (C=O) groups excluding carboxylic acids is 1. The molecule has 0 radical (unpaired) electrons. The van der Waals surface area contributed by atoms with Gasteiger partial charge in [0.25, 0.3) is 5.91 Å². The van der Waals surface area contributed by atoms with Crippen LogP contribution in [0.25, 0.3) is 0 Å². The molecule has 2 aromatic rings. The first-order chi connectivity index (χ1) is 12.0. The maximum atomic E-state index is 12.0. The van der Waals surface area contributed by atoms with E-state index in [1.807, 2.05) is 18.2 Å². The van der Waals surface area contributed by atoms with Crippen LogP contribution in [0.3, 0.4) is 0 Å². The highest BCUT2D eigenvalue weighted by molar-refractivity contribution is 7.89. The first-order valence-electron chi connectivity index (χ1n) is 7.92. The largest absolute Gasteiger partial charge is 0.484 e. The van der Waals surface area contributed by atoms with Crippen LogP contribution in [0.2, 0.25) is 0 Å². The van der Waals surface area contributed by atoms with Gasteiger partial charge >= 0.3 is 0 Å². The molecule has 0 fully saturated rings. The number of benzene rings is 1. The zero-order chi connectivity index (χ0) is 17.9. The van der Waals surface area contributed by atoms with E-state index in [0.29, 0.717) is 30.4 Å². The summed E-state index contributed by atoms with van der Waals surface area (Å²) in [4.78, 5) is 17.3. The Morgan fingerprint density at radius 3 is 2.84 bits per heavy atom. The Morgan fingerprint density at radius 2 is 2.12 bits per heavy atom. The zero-order valence-corrected chi connectivity index (χ0v) is 15.4. The summed E-state index contributed by atoms with van der Waals surface area (Å²) in [6.07, 6.45) is 0.557. The number of hydrogen-bond donors (Lipinski definition) is 1. The molecule has 2 heterocycles. The Labute approximate surface area is 150 Å². The smallest absolute Gasteiger partial charge is 0.264 e. The molecule has 7 nitrogen and oxygen atoms in total. The lowest BCUT2D eigenvalue weighted by molar-refractivity contribution is -0.118. The Morgan fingerprint density at radius 1 is 1.36 bits per heavy atom. The summed E-state index contributed by atoms with van der Waals surface area (Å²) >= 11 is 1.31. The lowest BCUT2D eigenvalue weighted by atomic mass is 10.2. The quantitative estimate of drug-likeness (QED) is 0.825. The van der Waals surface area contributed by atoms with Crippen molar-refractivity contribution in [1.29, 1.82) is 0 Å². The van der Waals surface area contributed by atoms with Crippen molar-refractivity contribution < 1.29 is 17.9 Å². The summed E-state index contributed by atoms with van der Waals surface area (Å²) in [5.41, 5.74) is 0.854. The lowest BCUT2D eigenvalue weighted by Gasteiger charge is -2.24. The van der Waals surface area contributed by atoms with Gasteiger partial charge in [0.1, 0.15) is 5.75 Å². The Hall–Kier alpha value is -1.97. The van der Waals surface area contributed by atoms with Gasteiger partial charge < -0.3 is 4.74 Å². The van der Waals surface area contributed by atoms with Gasteiger partial charge in [-0.1, -0.05) is 18.2 Å². The molecule has 1 N–H and O–H groups in total. The van der Waals surface area contributed by atoms with Crippen molar-refractivity contribution in [2.75, 3.05) is 24.2 Å². The average molecular weight is 381 g/mol. The van der Waals surface area contributed by atoms with Gasteiger partial charge in [0.05, 0.1) is 11.4 Å². The normalized spacial score (nSPS) is 14.8. The number of amides is 1. The summed E-state index contributed by atoms with van der Waals surface area (Å²) in [5, 5.41) is 3.19. The fourth-order valence-electron chi connectivity index (χ4n) is 2.47. The standard InChI is InChI=1S/C16H19N3O4S2/c1-2-25(21,22)19-9-8-13-14(10-19)24-16(17-13)18-15(20)11-23-12-6-4-3-5-7-12/h3-7H,2,8-11H2,1H3,(H,17,18,20). The molecule has 0 saturated carbocycles. The molecule has 0 bridgehead atoms. The van der Waals surface area contributed by atoms with Gasteiger partial charge in [0, 0.05) is 24.4 Å². The molecule has 134 valence electrons. The van der Waals surface area contributed by atoms with Gasteiger partial charge in [-0.15, -0.1) is 11.3 Å². The number of thiazole rings is 1. The zero-order valence-electron chi connectivity index (χ0n) is 13.8. The molecule has 0 unspecified atom stereocenters. The predicted octanol–water partition coefficient (Wildman–Crippen LogP) is 1.87. The number of nitrogens with zero attached hydrogens (tertiary/aromatic N) is 2. The topological polar surface area (TPSA) is 88.6 Å². The molecule has 0 saturated heterocycles. The molecule has 0 aliphatic carbocycles. The monoisotopic (exact) mass is 381 g/mol. The number of anilines is 1. The molecular weight excluding hydrogens is 362 g/mol. The minimum absolute atomic E-state index is 0.0849. The Bertz CT molecular complexity index is 850. The molecule has 9 heteroatoms. The van der Waals surface area contributed by atoms with Crippen molar-refractivity contribution in [3.8, 4) is 5.75 Å². The minimum atomic E-state index is -3.21. The van der Waals surface area contributed by atoms with E-state index in [0.717, 1.165) is 10.6 Å². The average Bonchev–Trinajstić information content (AvgIpc) is 3.02. The third kappa shape index (κ3) is 4.36. The maximum Gasteiger partial charge on any atom is 0.264 e. The van der Waals surface area contributed by atoms with E-state index in [-0.39, 0.29) is 18.3 Å². The number of aromatic nitrogens is 1. The molecule has 1 aliphatic heterocycles. The highest BCUT2D eigenvalue weighted by Gasteiger charge is 2.28. The molecule has 3 rings (SSSR count). The lowest BCUT2D eigenvalue weighted by Crippen LogP contribution is -2.36. The predicted molar refractivity (Wildman–Crippen MR) is 96.3 cm³/mol. The highest BCUT2D eigenvalue weighted by Crippen LogP contribution is 2.29. The van der Waals surface area contributed by atoms with E-state index in [9.17, 15) is 13.2 Å². The Balaban J connectivity index is 1.59. The van der Waals surface area contributed by atoms with E-state index >= 15 is 0 Å². The highest BCUT2D eigenvalue weighted by atomic mass is 32.2. The van der Waals surface area contributed by atoms with Crippen molar-refractivity contribution in [1.82, 2.24) is 9.29 Å². The van der Waals surface area contributed by atoms with Gasteiger partial charge in [-0.2, -0.15) is 4.31 Å². The molecule has 1 aromatic carbocycles. The second kappa shape index (κ2) is 7.51. The first kappa shape index (κ1) is 17.8. The van der Waals surface area contributed by atoms with E-state index in [1.54, 1.807) is 19.1 Å². The number of rotatable bonds is 6. The second-order valence-electron chi connectivity index (χ2n) is 5.52. The van der Waals surface area contributed by atoms with E-state index < -0.39 is 10.0 Å². The van der Waals surface area contributed by atoms with Crippen molar-refractivity contribution in [3.63, 3.8) is 0 Å². The van der Waals surface area contributed by atoms with Crippen molar-refractivity contribution >= 4 is 32.4 Å². The van der Waals surface area contributed by atoms with Crippen LogP contribution >= 0.6 is 11.3 Å². The number of para-hydroxylation sites is 1. The van der Waals surface area contributed by atoms with Crippen LogP contribution in [0.4, 0.5) is 5.13 Å². The molecule has 0 spiro atoms. The number of hydrogen-bond acceptors (Lipinski definition) is 6. The number of fused-ring (bicyclic) bond motifs is 1. The van der Waals surface area contributed by atoms with Gasteiger partial charge in [-0.05, 0) is 19.1 Å². The van der Waals surface area contributed by atoms with Crippen molar-refractivity contribution in [2.24, 2.45) is 0 Å². The summed E-state index contributed by atoms with van der Waals surface area (Å²) in [5.74, 6) is 0.408. The van der Waals surface area contributed by atoms with Gasteiger partial charge in [0.15, 0.2) is 11.7 Å². The summed E-state index contributed by atoms with van der Waals surface area (Å²) < 4.78 is 30.9. The fraction of sp³-hybridized carbons (Fsp3) is 0.375. The molecule has 0 atom stereocenters. The van der Waals surface area contributed by atoms with Crippen LogP contribution in [0, 0.1) is 0 Å². The van der Waals surface area contributed by atoms with Crippen LogP contribution in [0.1, 0.15) is 17.5 Å². The maximum absolute atomic E-state index is 12.0. The first-order valence-corrected chi connectivity index (χ1v) is 10.3. The van der Waals surface area contributed by atoms with Crippen LogP contribution in [-0.4, -0.2) is 42.5 Å². The number of ether oxygens (including phenoxy) is 1. The minimum Gasteiger partial charge on any atom is -0.484 e. The molecule has 1 amide bonds. The summed E-state index contributed by atoms with van der Waals surface area (Å²) in [6, 6.07) is 9.09. The fourth-order valence-corrected chi connectivity index (χ4v) is 4.65. The van der Waals surface area contributed by atoms with E-state index in [4.69, 9.17) is 4.74 Å². The number of nitrogens with one attached hydrogen (secondary N) is 1. The molecular formula is C16H19N3O4S2. The van der Waals surface area contributed by atoms with Crippen molar-refractivity contribution in [3.05, 3.63) is 40.9 Å². The van der Waals surface area contributed by atoms with Gasteiger partial charge in [0.2, 0.25) is 10.0 Å². The van der Waals surface area contributed by atoms with Crippen LogP contribution in [0.15, 0.2) is 30.3 Å². The number of carbonyl (C=O) groups is 1. The third-order valence-electron chi connectivity index (χ3n) is 3.81. The molecule has 1 aromatic heterocycles. The Kier molecular flexibility index (Phi) is 5.36. The van der Waals surface area contributed by atoms with Crippen LogP contribution < -0.4 is 10.1 Å². The van der Waals surface area contributed by atoms with Gasteiger partial charge in [-0.3, -0.25) is 10.1 Å². The summed E-state index contributed by atoms with van der Waals surface area (Å²) in [7, 11) is -3.21. The van der Waals surface area contributed by atoms with E-state index in [2.05, 4.69) is 10.3 Å². The third-order valence-corrected chi connectivity index (χ3v) is 6.64. The second-order valence-corrected chi connectivity index (χ2v) is 8.86. The van der Waals surface area contributed by atoms with Crippen molar-refractivity contribution in [2.45, 2.75) is 19.9 Å². The van der Waals surface area contributed by atoms with E-state index in [1.165, 1.54) is 15.6 Å². The van der Waals surface area contributed by atoms with Gasteiger partial charge in [-0.25, -0.2) is 13.4 Å².